The summed E-state index contributed by atoms with van der Waals surface area (Å²) < 4.78 is 0. The smallest absolute Gasteiger partial charge is 0.317 e. The lowest BCUT2D eigenvalue weighted by atomic mass is 9.90. The zero-order valence-corrected chi connectivity index (χ0v) is 12.8. The van der Waals surface area contributed by atoms with E-state index in [1.807, 2.05) is 6.92 Å². The Bertz CT molecular complexity index is 303. The van der Waals surface area contributed by atoms with E-state index in [9.17, 15) is 9.59 Å². The molecule has 0 spiro atoms. The van der Waals surface area contributed by atoms with Crippen LogP contribution in [0.4, 0.5) is 4.79 Å². The molecule has 2 amide bonds. The number of nitrogens with zero attached hydrogens (tertiary/aromatic N) is 1. The third-order valence-electron chi connectivity index (χ3n) is 3.50. The Morgan fingerprint density at radius 1 is 1.32 bits per heavy atom. The molecule has 19 heavy (non-hydrogen) atoms. The molecular weight excluding hydrogens is 244 g/mol. The largest absolute Gasteiger partial charge is 0.481 e. The number of rotatable bonds is 8. The van der Waals surface area contributed by atoms with Crippen LogP contribution in [0.25, 0.3) is 0 Å². The first-order valence-corrected chi connectivity index (χ1v) is 7.00. The highest BCUT2D eigenvalue weighted by atomic mass is 16.4. The summed E-state index contributed by atoms with van der Waals surface area (Å²) in [4.78, 5) is 24.7. The molecule has 0 aromatic heterocycles. The number of nitrogens with one attached hydrogen (secondary N) is 1. The fraction of sp³-hybridized carbons (Fsp3) is 0.857. The molecule has 2 N–H and O–H groups in total. The number of carboxylic acids is 1. The number of amides is 2. The first-order chi connectivity index (χ1) is 8.74. The molecule has 0 rings (SSSR count). The van der Waals surface area contributed by atoms with Crippen LogP contribution in [-0.2, 0) is 4.79 Å². The van der Waals surface area contributed by atoms with Gasteiger partial charge in [0.2, 0.25) is 0 Å². The van der Waals surface area contributed by atoms with E-state index in [-0.39, 0.29) is 6.03 Å². The van der Waals surface area contributed by atoms with Crippen molar-refractivity contribution in [3.8, 4) is 0 Å². The predicted octanol–water partition coefficient (Wildman–Crippen LogP) is 2.56. The monoisotopic (exact) mass is 272 g/mol. The van der Waals surface area contributed by atoms with E-state index in [0.29, 0.717) is 25.4 Å². The van der Waals surface area contributed by atoms with Crippen molar-refractivity contribution >= 4 is 12.0 Å². The normalized spacial score (nSPS) is 12.9. The van der Waals surface area contributed by atoms with Crippen LogP contribution in [0.1, 0.15) is 47.5 Å². The van der Waals surface area contributed by atoms with E-state index in [2.05, 4.69) is 19.2 Å². The highest BCUT2D eigenvalue weighted by molar-refractivity contribution is 5.75. The Kier molecular flexibility index (Phi) is 7.49. The lowest BCUT2D eigenvalue weighted by molar-refractivity contribution is -0.147. The Hall–Kier alpha value is -1.26. The van der Waals surface area contributed by atoms with Crippen LogP contribution in [0, 0.1) is 11.3 Å². The Morgan fingerprint density at radius 2 is 1.89 bits per heavy atom. The number of urea groups is 1. The quantitative estimate of drug-likeness (QED) is 0.713. The van der Waals surface area contributed by atoms with Crippen LogP contribution in [0.5, 0.6) is 0 Å². The second kappa shape index (κ2) is 8.02. The summed E-state index contributed by atoms with van der Waals surface area (Å²) in [7, 11) is 0. The van der Waals surface area contributed by atoms with Gasteiger partial charge in [0, 0.05) is 19.6 Å². The fourth-order valence-corrected chi connectivity index (χ4v) is 1.56. The summed E-state index contributed by atoms with van der Waals surface area (Å²) in [6.45, 7) is 11.3. The number of carbonyl (C=O) groups is 2. The van der Waals surface area contributed by atoms with Crippen molar-refractivity contribution in [1.82, 2.24) is 10.2 Å². The molecule has 0 aliphatic heterocycles. The molecule has 0 saturated carbocycles. The average molecular weight is 272 g/mol. The van der Waals surface area contributed by atoms with Crippen molar-refractivity contribution in [2.75, 3.05) is 19.6 Å². The molecule has 0 heterocycles. The summed E-state index contributed by atoms with van der Waals surface area (Å²) in [5, 5.41) is 11.8. The van der Waals surface area contributed by atoms with Crippen LogP contribution in [0.15, 0.2) is 0 Å². The molecule has 1 atom stereocenters. The van der Waals surface area contributed by atoms with Gasteiger partial charge in [0.1, 0.15) is 0 Å². The van der Waals surface area contributed by atoms with Gasteiger partial charge in [-0.25, -0.2) is 4.79 Å². The average Bonchev–Trinajstić information content (AvgIpc) is 2.34. The first-order valence-electron chi connectivity index (χ1n) is 7.00. The van der Waals surface area contributed by atoms with Gasteiger partial charge in [-0.15, -0.1) is 0 Å². The van der Waals surface area contributed by atoms with E-state index < -0.39 is 11.4 Å². The van der Waals surface area contributed by atoms with Crippen molar-refractivity contribution < 1.29 is 14.7 Å². The molecule has 5 nitrogen and oxygen atoms in total. The van der Waals surface area contributed by atoms with Crippen LogP contribution in [0.2, 0.25) is 0 Å². The Morgan fingerprint density at radius 3 is 2.32 bits per heavy atom. The van der Waals surface area contributed by atoms with Crippen LogP contribution < -0.4 is 5.32 Å². The maximum Gasteiger partial charge on any atom is 0.317 e. The highest BCUT2D eigenvalue weighted by Crippen LogP contribution is 2.19. The third-order valence-corrected chi connectivity index (χ3v) is 3.50. The van der Waals surface area contributed by atoms with Crippen molar-refractivity contribution in [1.29, 1.82) is 0 Å². The molecule has 112 valence electrons. The number of hydrogen-bond donors (Lipinski definition) is 2. The van der Waals surface area contributed by atoms with Gasteiger partial charge in [0.05, 0.1) is 5.41 Å². The number of carboxylic acid groups (broad SMARTS) is 1. The second-order valence-electron chi connectivity index (χ2n) is 5.72. The molecule has 0 bridgehead atoms. The summed E-state index contributed by atoms with van der Waals surface area (Å²) in [5.41, 5.74) is -0.805. The van der Waals surface area contributed by atoms with Gasteiger partial charge in [0.25, 0.3) is 0 Å². The van der Waals surface area contributed by atoms with Crippen LogP contribution >= 0.6 is 0 Å². The molecule has 0 aliphatic carbocycles. The molecule has 0 fully saturated rings. The molecular formula is C14H28N2O3. The van der Waals surface area contributed by atoms with Gasteiger partial charge < -0.3 is 15.3 Å². The summed E-state index contributed by atoms with van der Waals surface area (Å²) in [6, 6.07) is -0.107. The topological polar surface area (TPSA) is 69.6 Å². The van der Waals surface area contributed by atoms with Crippen molar-refractivity contribution in [3.05, 3.63) is 0 Å². The molecule has 1 unspecified atom stereocenters. The van der Waals surface area contributed by atoms with Crippen molar-refractivity contribution in [3.63, 3.8) is 0 Å². The summed E-state index contributed by atoms with van der Waals surface area (Å²) in [5.74, 6) is -0.366. The van der Waals surface area contributed by atoms with E-state index in [1.54, 1.807) is 18.7 Å². The number of carbonyl (C=O) groups excluding carboxylic acids is 1. The zero-order chi connectivity index (χ0) is 15.1. The Balaban J connectivity index is 4.18. The maximum atomic E-state index is 11.9. The van der Waals surface area contributed by atoms with Crippen molar-refractivity contribution in [2.45, 2.75) is 47.5 Å². The van der Waals surface area contributed by atoms with Gasteiger partial charge in [-0.2, -0.15) is 0 Å². The van der Waals surface area contributed by atoms with Gasteiger partial charge in [0.15, 0.2) is 0 Å². The van der Waals surface area contributed by atoms with Gasteiger partial charge in [-0.1, -0.05) is 20.3 Å². The number of aliphatic carboxylic acids is 1. The lowest BCUT2D eigenvalue weighted by Gasteiger charge is -2.25. The van der Waals surface area contributed by atoms with Gasteiger partial charge in [-0.3, -0.25) is 4.79 Å². The fourth-order valence-electron chi connectivity index (χ4n) is 1.56. The summed E-state index contributed by atoms with van der Waals surface area (Å²) in [6.07, 6.45) is 1.46. The van der Waals surface area contributed by atoms with E-state index in [0.717, 1.165) is 13.0 Å². The molecule has 0 aliphatic rings. The van der Waals surface area contributed by atoms with E-state index in [4.69, 9.17) is 5.11 Å². The minimum absolute atomic E-state index is 0.107. The second-order valence-corrected chi connectivity index (χ2v) is 5.72. The zero-order valence-electron chi connectivity index (χ0n) is 12.8. The first kappa shape index (κ1) is 17.7. The minimum atomic E-state index is -0.839. The number of hydrogen-bond acceptors (Lipinski definition) is 2. The van der Waals surface area contributed by atoms with E-state index in [1.165, 1.54) is 0 Å². The molecule has 5 heteroatoms. The van der Waals surface area contributed by atoms with Crippen molar-refractivity contribution in [2.24, 2.45) is 11.3 Å². The maximum absolute atomic E-state index is 11.9. The highest BCUT2D eigenvalue weighted by Gasteiger charge is 2.26. The Labute approximate surface area is 116 Å². The SMILES string of the molecule is CCC(C)CN(CC)C(=O)NCCC(C)(C)C(=O)O. The third kappa shape index (κ3) is 6.45. The summed E-state index contributed by atoms with van der Waals surface area (Å²) >= 11 is 0. The standard InChI is InChI=1S/C14H28N2O3/c1-6-11(3)10-16(7-2)13(19)15-9-8-14(4,5)12(17)18/h11H,6-10H2,1-5H3,(H,15,19)(H,17,18). The molecule has 0 aromatic carbocycles. The van der Waals surface area contributed by atoms with E-state index >= 15 is 0 Å². The molecule has 0 saturated heterocycles. The molecule has 0 aromatic rings. The van der Waals surface area contributed by atoms with Crippen LogP contribution in [-0.4, -0.2) is 41.6 Å². The van der Waals surface area contributed by atoms with Gasteiger partial charge in [-0.05, 0) is 33.1 Å². The molecule has 0 radical (unpaired) electrons. The van der Waals surface area contributed by atoms with Gasteiger partial charge >= 0.3 is 12.0 Å². The van der Waals surface area contributed by atoms with Crippen LogP contribution in [0.3, 0.4) is 0 Å². The minimum Gasteiger partial charge on any atom is -0.481 e. The lowest BCUT2D eigenvalue weighted by Crippen LogP contribution is -2.43. The predicted molar refractivity (Wildman–Crippen MR) is 76.1 cm³/mol.